The summed E-state index contributed by atoms with van der Waals surface area (Å²) in [5.74, 6) is 1.91. The zero-order valence-electron chi connectivity index (χ0n) is 19.0. The molecule has 2 fully saturated rings. The summed E-state index contributed by atoms with van der Waals surface area (Å²) >= 11 is 1.45. The van der Waals surface area contributed by atoms with Crippen LogP contribution in [0.3, 0.4) is 0 Å². The third-order valence-electron chi connectivity index (χ3n) is 5.78. The van der Waals surface area contributed by atoms with Gasteiger partial charge in [-0.2, -0.15) is 0 Å². The summed E-state index contributed by atoms with van der Waals surface area (Å²) in [6, 6.07) is 9.64. The van der Waals surface area contributed by atoms with Gasteiger partial charge >= 0.3 is 0 Å². The van der Waals surface area contributed by atoms with Crippen molar-refractivity contribution < 1.29 is 4.79 Å². The van der Waals surface area contributed by atoms with Gasteiger partial charge in [0, 0.05) is 41.4 Å². The number of allylic oxidation sites excluding steroid dienone is 1. The van der Waals surface area contributed by atoms with Crippen molar-refractivity contribution >= 4 is 40.8 Å². The van der Waals surface area contributed by atoms with Gasteiger partial charge in [0.05, 0.1) is 0 Å². The number of hydrogen-bond acceptors (Lipinski definition) is 7. The fourth-order valence-corrected chi connectivity index (χ4v) is 4.69. The van der Waals surface area contributed by atoms with Crippen LogP contribution in [-0.2, 0) is 4.79 Å². The number of rotatable bonds is 7. The number of carbonyl (C=O) groups excluding carboxylic acids is 1. The van der Waals surface area contributed by atoms with Crippen LogP contribution in [0, 0.1) is 5.92 Å². The lowest BCUT2D eigenvalue weighted by atomic mass is 9.88. The largest absolute Gasteiger partial charge is 0.402 e. The van der Waals surface area contributed by atoms with Gasteiger partial charge in [0.15, 0.2) is 11.0 Å². The zero-order valence-corrected chi connectivity index (χ0v) is 19.8. The van der Waals surface area contributed by atoms with Gasteiger partial charge in [0.1, 0.15) is 11.7 Å². The van der Waals surface area contributed by atoms with Crippen LogP contribution >= 0.6 is 11.8 Å². The second-order valence-electron chi connectivity index (χ2n) is 8.58. The van der Waals surface area contributed by atoms with Gasteiger partial charge in [0.25, 0.3) is 0 Å². The Morgan fingerprint density at radius 2 is 1.85 bits per heavy atom. The normalized spacial score (nSPS) is 17.5. The average molecular weight is 466 g/mol. The molecule has 2 aromatic rings. The maximum atomic E-state index is 12.5. The summed E-state index contributed by atoms with van der Waals surface area (Å²) in [6.07, 6.45) is 8.25. The lowest BCUT2D eigenvalue weighted by Crippen LogP contribution is -2.37. The van der Waals surface area contributed by atoms with Crippen molar-refractivity contribution in [2.45, 2.75) is 55.5 Å². The van der Waals surface area contributed by atoms with E-state index in [1.165, 1.54) is 18.2 Å². The first-order valence-electron chi connectivity index (χ1n) is 11.5. The number of nitrogens with two attached hydrogens (primary N) is 2. The number of aromatic nitrogens is 2. The summed E-state index contributed by atoms with van der Waals surface area (Å²) in [4.78, 5) is 29.3. The zero-order chi connectivity index (χ0) is 23.2. The van der Waals surface area contributed by atoms with Crippen molar-refractivity contribution in [1.82, 2.24) is 9.97 Å². The molecule has 1 saturated heterocycles. The number of benzene rings is 1. The van der Waals surface area contributed by atoms with E-state index in [0.717, 1.165) is 61.6 Å². The number of amides is 1. The van der Waals surface area contributed by atoms with E-state index in [9.17, 15) is 4.79 Å². The van der Waals surface area contributed by atoms with Gasteiger partial charge in [-0.25, -0.2) is 15.0 Å². The molecule has 2 aliphatic rings. The van der Waals surface area contributed by atoms with Crippen LogP contribution < -0.4 is 21.7 Å². The minimum atomic E-state index is 0.127. The van der Waals surface area contributed by atoms with E-state index >= 15 is 0 Å². The van der Waals surface area contributed by atoms with Crippen LogP contribution in [0.4, 0.5) is 17.3 Å². The van der Waals surface area contributed by atoms with Gasteiger partial charge in [0.2, 0.25) is 5.91 Å². The van der Waals surface area contributed by atoms with Crippen LogP contribution in [-0.4, -0.2) is 34.8 Å². The second kappa shape index (κ2) is 10.7. The minimum Gasteiger partial charge on any atom is -0.402 e. The van der Waals surface area contributed by atoms with Crippen LogP contribution in [0.25, 0.3) is 0 Å². The SMILES string of the molecule is C/C(N)=C/C(N)=Nc1cc(N2CCC2)nc(Sc2ccc(NC(=O)C3CCCCC3)cc2)n1. The van der Waals surface area contributed by atoms with Gasteiger partial charge in [-0.1, -0.05) is 19.3 Å². The highest BCUT2D eigenvalue weighted by molar-refractivity contribution is 7.99. The molecule has 1 saturated carbocycles. The molecule has 1 amide bonds. The summed E-state index contributed by atoms with van der Waals surface area (Å²) in [5.41, 5.74) is 13.1. The third kappa shape index (κ3) is 6.47. The monoisotopic (exact) mass is 465 g/mol. The standard InChI is InChI=1S/C24H31N7OS/c1-16(25)14-20(26)28-21-15-22(31-12-5-13-31)30-24(29-21)33-19-10-8-18(9-11-19)27-23(32)17-6-3-2-4-7-17/h8-11,14-15,17H,2-7,12-13,25H2,1H3,(H,27,32)(H2,26,28,29,30)/b16-14-. The molecule has 174 valence electrons. The number of nitrogens with zero attached hydrogens (tertiary/aromatic N) is 4. The van der Waals surface area contributed by atoms with Crippen molar-refractivity contribution in [2.24, 2.45) is 22.4 Å². The van der Waals surface area contributed by atoms with Crippen LogP contribution in [0.2, 0.25) is 0 Å². The van der Waals surface area contributed by atoms with Crippen molar-refractivity contribution in [3.05, 3.63) is 42.1 Å². The van der Waals surface area contributed by atoms with Gasteiger partial charge in [-0.05, 0) is 68.3 Å². The maximum absolute atomic E-state index is 12.5. The Morgan fingerprint density at radius 1 is 1.12 bits per heavy atom. The van der Waals surface area contributed by atoms with Crippen molar-refractivity contribution in [3.8, 4) is 0 Å². The molecular formula is C24H31N7OS. The first-order valence-corrected chi connectivity index (χ1v) is 12.3. The Kier molecular flexibility index (Phi) is 7.49. The third-order valence-corrected chi connectivity index (χ3v) is 6.66. The van der Waals surface area contributed by atoms with E-state index in [1.54, 1.807) is 13.0 Å². The quantitative estimate of drug-likeness (QED) is 0.318. The fourth-order valence-electron chi connectivity index (χ4n) is 3.93. The van der Waals surface area contributed by atoms with E-state index in [1.807, 2.05) is 30.3 Å². The molecule has 0 radical (unpaired) electrons. The summed E-state index contributed by atoms with van der Waals surface area (Å²) in [7, 11) is 0. The molecule has 1 aliphatic heterocycles. The molecule has 0 unspecified atom stereocenters. The molecule has 1 aromatic carbocycles. The van der Waals surface area contributed by atoms with Crippen LogP contribution in [0.15, 0.2) is 57.1 Å². The number of hydrogen-bond donors (Lipinski definition) is 3. The highest BCUT2D eigenvalue weighted by atomic mass is 32.2. The topological polar surface area (TPSA) is 123 Å². The van der Waals surface area contributed by atoms with Gasteiger partial charge in [-0.15, -0.1) is 0 Å². The van der Waals surface area contributed by atoms with Crippen molar-refractivity contribution in [1.29, 1.82) is 0 Å². The molecule has 5 N–H and O–H groups in total. The molecule has 9 heteroatoms. The number of amidine groups is 1. The van der Waals surface area contributed by atoms with E-state index < -0.39 is 0 Å². The van der Waals surface area contributed by atoms with Gasteiger partial charge in [-0.3, -0.25) is 4.79 Å². The number of aliphatic imine (C=N–C) groups is 1. The predicted octanol–water partition coefficient (Wildman–Crippen LogP) is 4.21. The molecule has 0 atom stereocenters. The number of anilines is 2. The first kappa shape index (κ1) is 23.1. The molecule has 1 aromatic heterocycles. The molecule has 0 bridgehead atoms. The van der Waals surface area contributed by atoms with E-state index in [0.29, 0.717) is 22.5 Å². The Hall–Kier alpha value is -3.07. The van der Waals surface area contributed by atoms with E-state index in [4.69, 9.17) is 16.5 Å². The van der Waals surface area contributed by atoms with Crippen molar-refractivity contribution in [2.75, 3.05) is 23.3 Å². The molecule has 2 heterocycles. The van der Waals surface area contributed by atoms with E-state index in [-0.39, 0.29) is 11.8 Å². The number of nitrogens with one attached hydrogen (secondary N) is 1. The van der Waals surface area contributed by atoms with E-state index in [2.05, 4.69) is 20.2 Å². The summed E-state index contributed by atoms with van der Waals surface area (Å²) in [5, 5.41) is 3.65. The van der Waals surface area contributed by atoms with Gasteiger partial charge < -0.3 is 21.7 Å². The molecule has 8 nitrogen and oxygen atoms in total. The first-order chi connectivity index (χ1) is 16.0. The summed E-state index contributed by atoms with van der Waals surface area (Å²) < 4.78 is 0. The van der Waals surface area contributed by atoms with Crippen molar-refractivity contribution in [3.63, 3.8) is 0 Å². The lowest BCUT2D eigenvalue weighted by molar-refractivity contribution is -0.120. The number of carbonyl (C=O) groups is 1. The molecular weight excluding hydrogens is 434 g/mol. The second-order valence-corrected chi connectivity index (χ2v) is 9.62. The molecule has 0 spiro atoms. The smallest absolute Gasteiger partial charge is 0.227 e. The Bertz CT molecular complexity index is 1040. The summed E-state index contributed by atoms with van der Waals surface area (Å²) in [6.45, 7) is 3.70. The Balaban J connectivity index is 1.47. The maximum Gasteiger partial charge on any atom is 0.227 e. The molecule has 33 heavy (non-hydrogen) atoms. The molecule has 1 aliphatic carbocycles. The fraction of sp³-hybridized carbons (Fsp3) is 0.417. The Morgan fingerprint density at radius 3 is 2.48 bits per heavy atom. The minimum absolute atomic E-state index is 0.127. The lowest BCUT2D eigenvalue weighted by Gasteiger charge is -2.32. The van der Waals surface area contributed by atoms with Crippen LogP contribution in [0.1, 0.15) is 45.4 Å². The average Bonchev–Trinajstić information content (AvgIpc) is 2.74. The molecule has 4 rings (SSSR count). The highest BCUT2D eigenvalue weighted by Crippen LogP contribution is 2.31. The highest BCUT2D eigenvalue weighted by Gasteiger charge is 2.21. The predicted molar refractivity (Wildman–Crippen MR) is 134 cm³/mol. The van der Waals surface area contributed by atoms with Crippen LogP contribution in [0.5, 0.6) is 0 Å². The Labute approximate surface area is 199 Å².